The lowest BCUT2D eigenvalue weighted by atomic mass is 10.4. The van der Waals surface area contributed by atoms with Crippen molar-refractivity contribution in [2.24, 2.45) is 0 Å². The average molecular weight is 289 g/mol. The summed E-state index contributed by atoms with van der Waals surface area (Å²) in [7, 11) is 0. The topological polar surface area (TPSA) is 38.0 Å². The Kier molecular flexibility index (Phi) is 5.87. The van der Waals surface area contributed by atoms with Crippen molar-refractivity contribution in [1.82, 2.24) is 19.2 Å². The Labute approximate surface area is 127 Å². The van der Waals surface area contributed by atoms with E-state index in [0.717, 1.165) is 45.0 Å². The number of hydrogen-bond donors (Lipinski definition) is 1. The molecular formula is C16H27N5. The van der Waals surface area contributed by atoms with Gasteiger partial charge in [0.05, 0.1) is 25.0 Å². The van der Waals surface area contributed by atoms with Crippen molar-refractivity contribution in [3.8, 4) is 0 Å². The van der Waals surface area contributed by atoms with Crippen LogP contribution >= 0.6 is 0 Å². The first-order valence-corrected chi connectivity index (χ1v) is 7.89. The second kappa shape index (κ2) is 7.88. The van der Waals surface area contributed by atoms with Crippen LogP contribution in [0.15, 0.2) is 30.7 Å². The van der Waals surface area contributed by atoms with Crippen LogP contribution in [0.5, 0.6) is 0 Å². The van der Waals surface area contributed by atoms with E-state index in [1.165, 1.54) is 5.69 Å². The van der Waals surface area contributed by atoms with Gasteiger partial charge in [0.25, 0.3) is 0 Å². The van der Waals surface area contributed by atoms with Crippen LogP contribution in [0.4, 0.5) is 5.69 Å². The number of likely N-dealkylation sites (N-methyl/N-ethyl adjacent to an activating group) is 1. The highest BCUT2D eigenvalue weighted by Crippen LogP contribution is 2.09. The molecule has 5 heteroatoms. The predicted octanol–water partition coefficient (Wildman–Crippen LogP) is 2.66. The van der Waals surface area contributed by atoms with Crippen LogP contribution in [0, 0.1) is 0 Å². The molecule has 0 aromatic carbocycles. The van der Waals surface area contributed by atoms with Crippen LogP contribution in [0.25, 0.3) is 0 Å². The molecule has 0 aliphatic rings. The molecule has 0 saturated heterocycles. The smallest absolute Gasteiger partial charge is 0.0729 e. The van der Waals surface area contributed by atoms with Gasteiger partial charge in [-0.05, 0) is 32.1 Å². The highest BCUT2D eigenvalue weighted by molar-refractivity contribution is 5.38. The molecule has 2 rings (SSSR count). The van der Waals surface area contributed by atoms with Crippen molar-refractivity contribution in [1.29, 1.82) is 0 Å². The zero-order valence-electron chi connectivity index (χ0n) is 13.4. The summed E-state index contributed by atoms with van der Waals surface area (Å²) in [6.07, 6.45) is 6.11. The molecule has 0 amide bonds. The Morgan fingerprint density at radius 1 is 1.24 bits per heavy atom. The van der Waals surface area contributed by atoms with Crippen LogP contribution in [-0.4, -0.2) is 38.9 Å². The number of hydrogen-bond acceptors (Lipinski definition) is 3. The number of nitrogens with zero attached hydrogens (tertiary/aromatic N) is 4. The van der Waals surface area contributed by atoms with E-state index >= 15 is 0 Å². The zero-order chi connectivity index (χ0) is 15.1. The van der Waals surface area contributed by atoms with E-state index in [4.69, 9.17) is 0 Å². The summed E-state index contributed by atoms with van der Waals surface area (Å²) in [5.74, 6) is 0. The Bertz CT molecular complexity index is 524. The Hall–Kier alpha value is -1.75. The fourth-order valence-corrected chi connectivity index (χ4v) is 2.47. The molecular weight excluding hydrogens is 262 g/mol. The van der Waals surface area contributed by atoms with Gasteiger partial charge in [0.15, 0.2) is 0 Å². The summed E-state index contributed by atoms with van der Waals surface area (Å²) < 4.78 is 4.26. The number of nitrogens with one attached hydrogen (secondary N) is 1. The minimum atomic E-state index is 0.836. The van der Waals surface area contributed by atoms with Gasteiger partial charge in [0.2, 0.25) is 0 Å². The molecule has 21 heavy (non-hydrogen) atoms. The third kappa shape index (κ3) is 4.36. The van der Waals surface area contributed by atoms with E-state index < -0.39 is 0 Å². The molecule has 0 radical (unpaired) electrons. The summed E-state index contributed by atoms with van der Waals surface area (Å²) in [4.78, 5) is 2.41. The molecule has 0 saturated carbocycles. The highest BCUT2D eigenvalue weighted by atomic mass is 15.3. The van der Waals surface area contributed by atoms with Crippen LogP contribution < -0.4 is 5.32 Å². The van der Waals surface area contributed by atoms with Crippen molar-refractivity contribution in [2.75, 3.05) is 25.0 Å². The molecule has 2 aromatic rings. The summed E-state index contributed by atoms with van der Waals surface area (Å²) in [6, 6.07) is 4.25. The van der Waals surface area contributed by atoms with Gasteiger partial charge in [-0.1, -0.05) is 13.8 Å². The predicted molar refractivity (Wildman–Crippen MR) is 87.4 cm³/mol. The monoisotopic (exact) mass is 289 g/mol. The molecule has 1 N–H and O–H groups in total. The lowest BCUT2D eigenvalue weighted by Crippen LogP contribution is -2.27. The molecule has 0 bridgehead atoms. The van der Waals surface area contributed by atoms with E-state index in [9.17, 15) is 0 Å². The maximum Gasteiger partial charge on any atom is 0.0729 e. The lowest BCUT2D eigenvalue weighted by Gasteiger charge is -2.17. The molecule has 0 atom stereocenters. The van der Waals surface area contributed by atoms with Crippen molar-refractivity contribution in [2.45, 2.75) is 40.4 Å². The minimum absolute atomic E-state index is 0.836. The second-order valence-electron chi connectivity index (χ2n) is 5.16. The second-order valence-corrected chi connectivity index (χ2v) is 5.16. The minimum Gasteiger partial charge on any atom is -0.377 e. The maximum absolute atomic E-state index is 4.42. The number of aromatic nitrogens is 3. The van der Waals surface area contributed by atoms with Crippen LogP contribution in [-0.2, 0) is 19.6 Å². The molecule has 0 unspecified atom stereocenters. The van der Waals surface area contributed by atoms with Gasteiger partial charge in [0, 0.05) is 31.2 Å². The van der Waals surface area contributed by atoms with Gasteiger partial charge >= 0.3 is 0 Å². The first-order valence-electron chi connectivity index (χ1n) is 7.89. The standard InChI is InChI=1S/C16H27N5/c1-4-19(5-2)10-11-21-14-15(12-18-21)17-13-16-8-7-9-20(16)6-3/h7-9,12,14,17H,4-6,10-11,13H2,1-3H3. The lowest BCUT2D eigenvalue weighted by molar-refractivity contribution is 0.285. The molecule has 0 fully saturated rings. The Morgan fingerprint density at radius 3 is 2.76 bits per heavy atom. The largest absolute Gasteiger partial charge is 0.377 e. The normalized spacial score (nSPS) is 11.2. The molecule has 2 aromatic heterocycles. The van der Waals surface area contributed by atoms with E-state index in [1.807, 2.05) is 10.9 Å². The molecule has 0 aliphatic heterocycles. The third-order valence-electron chi connectivity index (χ3n) is 3.91. The number of rotatable bonds is 9. The van der Waals surface area contributed by atoms with Crippen LogP contribution in [0.1, 0.15) is 26.5 Å². The van der Waals surface area contributed by atoms with Crippen molar-refractivity contribution < 1.29 is 0 Å². The summed E-state index contributed by atoms with van der Waals surface area (Å²) in [6.45, 7) is 12.6. The molecule has 5 nitrogen and oxygen atoms in total. The van der Waals surface area contributed by atoms with Gasteiger partial charge < -0.3 is 14.8 Å². The fraction of sp³-hybridized carbons (Fsp3) is 0.562. The van der Waals surface area contributed by atoms with Crippen LogP contribution in [0.2, 0.25) is 0 Å². The van der Waals surface area contributed by atoms with Crippen LogP contribution in [0.3, 0.4) is 0 Å². The first-order chi connectivity index (χ1) is 10.3. The zero-order valence-corrected chi connectivity index (χ0v) is 13.4. The molecule has 0 aliphatic carbocycles. The Balaban J connectivity index is 1.83. The van der Waals surface area contributed by atoms with Gasteiger partial charge in [-0.25, -0.2) is 0 Å². The van der Waals surface area contributed by atoms with Crippen molar-refractivity contribution in [3.63, 3.8) is 0 Å². The number of anilines is 1. The summed E-state index contributed by atoms with van der Waals surface area (Å²) in [5.41, 5.74) is 2.38. The SMILES string of the molecule is CCN(CC)CCn1cc(NCc2cccn2CC)cn1. The van der Waals surface area contributed by atoms with E-state index in [2.05, 4.69) is 65.2 Å². The van der Waals surface area contributed by atoms with E-state index in [-0.39, 0.29) is 0 Å². The maximum atomic E-state index is 4.42. The molecule has 0 spiro atoms. The highest BCUT2D eigenvalue weighted by Gasteiger charge is 2.03. The Morgan fingerprint density at radius 2 is 2.05 bits per heavy atom. The van der Waals surface area contributed by atoms with Gasteiger partial charge in [-0.15, -0.1) is 0 Å². The first kappa shape index (κ1) is 15.6. The van der Waals surface area contributed by atoms with Gasteiger partial charge in [0.1, 0.15) is 0 Å². The van der Waals surface area contributed by atoms with Gasteiger partial charge in [-0.2, -0.15) is 5.10 Å². The summed E-state index contributed by atoms with van der Waals surface area (Å²) in [5, 5.41) is 7.86. The molecule has 2 heterocycles. The van der Waals surface area contributed by atoms with E-state index in [0.29, 0.717) is 0 Å². The number of aryl methyl sites for hydroxylation is 1. The van der Waals surface area contributed by atoms with E-state index in [1.54, 1.807) is 0 Å². The van der Waals surface area contributed by atoms with Crippen molar-refractivity contribution in [3.05, 3.63) is 36.4 Å². The fourth-order valence-electron chi connectivity index (χ4n) is 2.47. The average Bonchev–Trinajstić information content (AvgIpc) is 3.14. The van der Waals surface area contributed by atoms with Crippen molar-refractivity contribution >= 4 is 5.69 Å². The molecule has 116 valence electrons. The quantitative estimate of drug-likeness (QED) is 0.771. The third-order valence-corrected chi connectivity index (χ3v) is 3.91. The van der Waals surface area contributed by atoms with Gasteiger partial charge in [-0.3, -0.25) is 4.68 Å². The summed E-state index contributed by atoms with van der Waals surface area (Å²) >= 11 is 0.